The van der Waals surface area contributed by atoms with Gasteiger partial charge in [-0.1, -0.05) is 0 Å². The molecule has 5 atom stereocenters. The third-order valence-electron chi connectivity index (χ3n) is 4.82. The van der Waals surface area contributed by atoms with Crippen LogP contribution in [-0.4, -0.2) is 128 Å². The highest BCUT2D eigenvalue weighted by molar-refractivity contribution is 14.1. The second-order valence-electron chi connectivity index (χ2n) is 7.66. The van der Waals surface area contributed by atoms with E-state index in [1.807, 2.05) is 0 Å². The second kappa shape index (κ2) is 16.4. The molecule has 1 aromatic carbocycles. The maximum Gasteiger partial charge on any atom is 0.294 e. The molecule has 0 spiro atoms. The Bertz CT molecular complexity index is 991. The van der Waals surface area contributed by atoms with Crippen molar-refractivity contribution in [2.75, 3.05) is 38.2 Å². The van der Waals surface area contributed by atoms with Crippen molar-refractivity contribution < 1.29 is 60.0 Å². The highest BCUT2D eigenvalue weighted by atomic mass is 127. The van der Waals surface area contributed by atoms with Crippen molar-refractivity contribution >= 4 is 97.0 Å². The Morgan fingerprint density at radius 2 is 1.11 bits per heavy atom. The van der Waals surface area contributed by atoms with Crippen LogP contribution in [0.1, 0.15) is 20.7 Å². The van der Waals surface area contributed by atoms with Crippen LogP contribution in [0.2, 0.25) is 0 Å². The Kier molecular flexibility index (Phi) is 15.2. The maximum absolute atomic E-state index is 13.0. The van der Waals surface area contributed by atoms with Gasteiger partial charge >= 0.3 is 0 Å². The van der Waals surface area contributed by atoms with Gasteiger partial charge < -0.3 is 56.8 Å². The summed E-state index contributed by atoms with van der Waals surface area (Å²) in [5.74, 6) is -4.72. The third-order valence-corrected chi connectivity index (χ3v) is 8.06. The summed E-state index contributed by atoms with van der Waals surface area (Å²) in [6, 6.07) is 0. The molecule has 0 aliphatic rings. The number of hydrogen-bond acceptors (Lipinski definition) is 12. The molecule has 1 rings (SSSR count). The Morgan fingerprint density at radius 3 is 1.47 bits per heavy atom. The first kappa shape index (κ1) is 35.2. The van der Waals surface area contributed by atoms with Crippen LogP contribution in [0, 0.1) is 10.7 Å². The summed E-state index contributed by atoms with van der Waals surface area (Å²) >= 11 is 5.01. The van der Waals surface area contributed by atoms with Crippen molar-refractivity contribution in [3.05, 3.63) is 21.8 Å². The smallest absolute Gasteiger partial charge is 0.294 e. The molecule has 0 saturated carbocycles. The summed E-state index contributed by atoms with van der Waals surface area (Å²) in [5, 5.41) is 82.0. The number of amides is 3. The molecule has 1 aromatic rings. The molecule has 3 amide bonds. The number of halogens is 3. The average molecular weight is 881 g/mol. The lowest BCUT2D eigenvalue weighted by molar-refractivity contribution is -0.148. The molecule has 0 aliphatic heterocycles. The number of aliphatic hydroxyl groups is 8. The monoisotopic (exact) mass is 881 g/mol. The van der Waals surface area contributed by atoms with Crippen LogP contribution in [0.25, 0.3) is 0 Å². The molecule has 0 radical (unpaired) electrons. The van der Waals surface area contributed by atoms with E-state index in [4.69, 9.17) is 15.3 Å². The van der Waals surface area contributed by atoms with Gasteiger partial charge in [-0.25, -0.2) is 0 Å². The predicted molar refractivity (Wildman–Crippen MR) is 154 cm³/mol. The first-order valence-corrected chi connectivity index (χ1v) is 13.8. The molecule has 0 aliphatic carbocycles. The number of carbonyl (C=O) groups is 4. The van der Waals surface area contributed by atoms with Gasteiger partial charge in [-0.3, -0.25) is 19.2 Å². The fourth-order valence-corrected chi connectivity index (χ4v) is 7.10. The number of nitrogens with one attached hydrogen (secondary N) is 3. The molecule has 15 nitrogen and oxygen atoms in total. The minimum atomic E-state index is -2.42. The zero-order valence-electron chi connectivity index (χ0n) is 19.3. The fraction of sp³-hybridized carbons (Fsp3) is 0.500. The molecule has 0 saturated heterocycles. The van der Waals surface area contributed by atoms with E-state index in [2.05, 4.69) is 16.0 Å². The number of hydrogen-bond donors (Lipinski definition) is 11. The van der Waals surface area contributed by atoms with Gasteiger partial charge in [-0.05, 0) is 67.8 Å². The van der Waals surface area contributed by atoms with Crippen molar-refractivity contribution in [2.45, 2.75) is 30.5 Å². The first-order chi connectivity index (χ1) is 17.7. The number of benzene rings is 1. The normalized spacial score (nSPS) is 15.1. The minimum absolute atomic E-state index is 0.0333. The van der Waals surface area contributed by atoms with Gasteiger partial charge in [0.1, 0.15) is 12.2 Å². The molecule has 2 unspecified atom stereocenters. The topological polar surface area (TPSA) is 266 Å². The van der Waals surface area contributed by atoms with Gasteiger partial charge in [-0.2, -0.15) is 0 Å². The van der Waals surface area contributed by atoms with Crippen LogP contribution in [0.15, 0.2) is 0 Å². The third kappa shape index (κ3) is 9.10. The molecule has 11 N–H and O–H groups in total. The van der Waals surface area contributed by atoms with E-state index >= 15 is 0 Å². The zero-order chi connectivity index (χ0) is 29.3. The van der Waals surface area contributed by atoms with Gasteiger partial charge in [-0.15, -0.1) is 0 Å². The van der Waals surface area contributed by atoms with Gasteiger partial charge in [0.2, 0.25) is 0 Å². The van der Waals surface area contributed by atoms with E-state index in [1.165, 1.54) is 0 Å². The highest BCUT2D eigenvalue weighted by Crippen LogP contribution is 2.36. The standard InChI is InChI=1S/C20H26I3N3O12/c21-11-9(18(36)24-1-6(30)3-27)12(22)14(13(23)10(11)19(37)25-2-7(31)4-28)26-20(38)17(35)16(34)15(33)8(32)5-29/h6-8,15-16,27-34H,1-5H2,(H,24,36)(H,25,37)(H,26,38)/t6?,7?,8-,15+,16-/m0/s1. The lowest BCUT2D eigenvalue weighted by Crippen LogP contribution is -2.47. The van der Waals surface area contributed by atoms with Crippen molar-refractivity contribution in [2.24, 2.45) is 0 Å². The average Bonchev–Trinajstić information content (AvgIpc) is 2.90. The summed E-state index contributed by atoms with van der Waals surface area (Å²) in [5.41, 5.74) is -0.539. The number of carbonyl (C=O) groups excluding carboxylic acids is 4. The van der Waals surface area contributed by atoms with Crippen LogP contribution in [0.3, 0.4) is 0 Å². The van der Waals surface area contributed by atoms with E-state index < -0.39 is 73.8 Å². The molecular formula is C20H26I3N3O12. The summed E-state index contributed by atoms with van der Waals surface area (Å²) in [6.07, 6.45) is -9.11. The van der Waals surface area contributed by atoms with Crippen LogP contribution < -0.4 is 16.0 Å². The minimum Gasteiger partial charge on any atom is -0.394 e. The van der Waals surface area contributed by atoms with E-state index in [0.29, 0.717) is 0 Å². The van der Waals surface area contributed by atoms with Gasteiger partial charge in [0.15, 0.2) is 6.10 Å². The Hall–Kier alpha value is -0.830. The van der Waals surface area contributed by atoms with Crippen molar-refractivity contribution in [3.63, 3.8) is 0 Å². The maximum atomic E-state index is 13.0. The summed E-state index contributed by atoms with van der Waals surface area (Å²) in [6.45, 7) is -3.04. The Balaban J connectivity index is 3.55. The number of aliphatic hydroxyl groups excluding tert-OH is 8. The first-order valence-electron chi connectivity index (χ1n) is 10.6. The van der Waals surface area contributed by atoms with Crippen LogP contribution in [0.5, 0.6) is 0 Å². The van der Waals surface area contributed by atoms with E-state index in [-0.39, 0.29) is 40.6 Å². The second-order valence-corrected chi connectivity index (χ2v) is 10.9. The number of Topliss-reactive ketones (excluding diaryl/α,β-unsaturated/α-hetero) is 1. The van der Waals surface area contributed by atoms with Gasteiger partial charge in [0.05, 0.1) is 56.0 Å². The molecule has 214 valence electrons. The van der Waals surface area contributed by atoms with Crippen molar-refractivity contribution in [1.82, 2.24) is 10.6 Å². The molecule has 18 heteroatoms. The van der Waals surface area contributed by atoms with Gasteiger partial charge in [0, 0.05) is 16.7 Å². The number of ketones is 1. The molecule has 0 aromatic heterocycles. The summed E-state index contributed by atoms with van der Waals surface area (Å²) in [4.78, 5) is 50.9. The van der Waals surface area contributed by atoms with Crippen LogP contribution in [0.4, 0.5) is 5.69 Å². The summed E-state index contributed by atoms with van der Waals surface area (Å²) < 4.78 is 0.144. The SMILES string of the molecule is O=C(Nc1c(I)c(C(=O)NCC(O)CO)c(I)c(C(=O)NCC(O)CO)c1I)C(=O)[C@@H](O)[C@H](O)[C@@H](O)CO. The Labute approximate surface area is 256 Å². The van der Waals surface area contributed by atoms with Crippen LogP contribution >= 0.6 is 67.8 Å². The lowest BCUT2D eigenvalue weighted by atomic mass is 10.0. The zero-order valence-corrected chi connectivity index (χ0v) is 25.7. The number of rotatable bonds is 14. The quantitative estimate of drug-likeness (QED) is 0.0637. The lowest BCUT2D eigenvalue weighted by Gasteiger charge is -2.22. The highest BCUT2D eigenvalue weighted by Gasteiger charge is 2.35. The molecule has 0 heterocycles. The van der Waals surface area contributed by atoms with E-state index in [9.17, 15) is 44.7 Å². The van der Waals surface area contributed by atoms with Crippen molar-refractivity contribution in [1.29, 1.82) is 0 Å². The molecule has 38 heavy (non-hydrogen) atoms. The molecule has 0 bridgehead atoms. The summed E-state index contributed by atoms with van der Waals surface area (Å²) in [7, 11) is 0. The fourth-order valence-electron chi connectivity index (χ4n) is 2.68. The van der Waals surface area contributed by atoms with Crippen molar-refractivity contribution in [3.8, 4) is 0 Å². The molecular weight excluding hydrogens is 855 g/mol. The molecule has 0 fully saturated rings. The van der Waals surface area contributed by atoms with Crippen LogP contribution in [-0.2, 0) is 9.59 Å². The van der Waals surface area contributed by atoms with E-state index in [0.717, 1.165) is 0 Å². The Morgan fingerprint density at radius 1 is 0.684 bits per heavy atom. The predicted octanol–water partition coefficient (Wildman–Crippen LogP) is -3.75. The van der Waals surface area contributed by atoms with E-state index in [1.54, 1.807) is 67.8 Å². The van der Waals surface area contributed by atoms with Gasteiger partial charge in [0.25, 0.3) is 23.5 Å². The largest absolute Gasteiger partial charge is 0.394 e. The number of anilines is 1.